The number of carbonyl (C=O) groups is 1. The molecule has 2 fully saturated rings. The Labute approximate surface area is 141 Å². The fraction of sp³-hybridized carbons (Fsp3) is 0.889. The molecule has 0 bridgehead atoms. The van der Waals surface area contributed by atoms with Gasteiger partial charge in [0.2, 0.25) is 5.91 Å². The monoisotopic (exact) mass is 322 g/mol. The van der Waals surface area contributed by atoms with Crippen molar-refractivity contribution in [1.29, 1.82) is 0 Å². The van der Waals surface area contributed by atoms with E-state index in [4.69, 9.17) is 4.99 Å². The molecule has 0 atom stereocenters. The molecule has 0 spiro atoms. The Morgan fingerprint density at radius 1 is 1.17 bits per heavy atom. The first-order valence-corrected chi connectivity index (χ1v) is 9.34. The van der Waals surface area contributed by atoms with Gasteiger partial charge in [-0.05, 0) is 50.4 Å². The van der Waals surface area contributed by atoms with Crippen molar-refractivity contribution in [3.8, 4) is 0 Å². The van der Waals surface area contributed by atoms with E-state index in [0.717, 1.165) is 44.4 Å². The maximum Gasteiger partial charge on any atom is 0.223 e. The van der Waals surface area contributed by atoms with Gasteiger partial charge in [0.25, 0.3) is 0 Å². The van der Waals surface area contributed by atoms with Crippen LogP contribution in [0.25, 0.3) is 0 Å². The van der Waals surface area contributed by atoms with Gasteiger partial charge in [-0.3, -0.25) is 9.79 Å². The molecular weight excluding hydrogens is 288 g/mol. The summed E-state index contributed by atoms with van der Waals surface area (Å²) in [6.07, 6.45) is 7.35. The van der Waals surface area contributed by atoms with Gasteiger partial charge in [-0.25, -0.2) is 0 Å². The summed E-state index contributed by atoms with van der Waals surface area (Å²) in [5.74, 6) is 2.10. The molecule has 5 nitrogen and oxygen atoms in total. The molecule has 0 aliphatic heterocycles. The Balaban J connectivity index is 1.73. The molecule has 0 radical (unpaired) electrons. The van der Waals surface area contributed by atoms with Crippen LogP contribution in [-0.4, -0.2) is 38.0 Å². The Morgan fingerprint density at radius 2 is 1.87 bits per heavy atom. The van der Waals surface area contributed by atoms with Gasteiger partial charge in [0.15, 0.2) is 5.96 Å². The average molecular weight is 322 g/mol. The van der Waals surface area contributed by atoms with Crippen molar-refractivity contribution in [1.82, 2.24) is 16.0 Å². The number of guanidine groups is 1. The maximum absolute atomic E-state index is 11.6. The minimum Gasteiger partial charge on any atom is -0.357 e. The number of hydrogen-bond donors (Lipinski definition) is 3. The van der Waals surface area contributed by atoms with Gasteiger partial charge in [0, 0.05) is 32.1 Å². The highest BCUT2D eigenvalue weighted by atomic mass is 16.2. The highest BCUT2D eigenvalue weighted by molar-refractivity contribution is 5.81. The fourth-order valence-electron chi connectivity index (χ4n) is 3.41. The lowest BCUT2D eigenvalue weighted by Gasteiger charge is -2.42. The Morgan fingerprint density at radius 3 is 2.39 bits per heavy atom. The minimum absolute atomic E-state index is 0.207. The van der Waals surface area contributed by atoms with E-state index in [1.807, 2.05) is 0 Å². The van der Waals surface area contributed by atoms with Gasteiger partial charge in [-0.15, -0.1) is 0 Å². The molecule has 132 valence electrons. The fourth-order valence-corrected chi connectivity index (χ4v) is 3.41. The number of rotatable bonds is 9. The highest BCUT2D eigenvalue weighted by Gasteiger charge is 2.37. The zero-order valence-electron chi connectivity index (χ0n) is 15.1. The molecule has 3 N–H and O–H groups in total. The van der Waals surface area contributed by atoms with Gasteiger partial charge < -0.3 is 16.0 Å². The van der Waals surface area contributed by atoms with Crippen LogP contribution in [0.4, 0.5) is 0 Å². The predicted molar refractivity (Wildman–Crippen MR) is 95.5 cm³/mol. The molecule has 2 aliphatic carbocycles. The standard InChI is InChI=1S/C18H34N4O/c1-4-19-17(21-11-10-20-16(23)15-6-7-15)22-13-18(8-5-9-18)12-14(2)3/h14-15H,4-13H2,1-3H3,(H,20,23)(H2,19,21,22). The van der Waals surface area contributed by atoms with Crippen LogP contribution in [-0.2, 0) is 4.79 Å². The first kappa shape index (κ1) is 18.1. The number of nitrogens with zero attached hydrogens (tertiary/aromatic N) is 1. The van der Waals surface area contributed by atoms with E-state index in [1.165, 1.54) is 25.7 Å². The van der Waals surface area contributed by atoms with E-state index in [1.54, 1.807) is 0 Å². The van der Waals surface area contributed by atoms with Crippen LogP contribution in [0.5, 0.6) is 0 Å². The summed E-state index contributed by atoms with van der Waals surface area (Å²) in [5, 5.41) is 9.62. The summed E-state index contributed by atoms with van der Waals surface area (Å²) in [5.41, 5.74) is 0.427. The Hall–Kier alpha value is -1.26. The highest BCUT2D eigenvalue weighted by Crippen LogP contribution is 2.46. The van der Waals surface area contributed by atoms with Crippen molar-refractivity contribution in [2.45, 2.75) is 59.3 Å². The molecular formula is C18H34N4O. The molecule has 23 heavy (non-hydrogen) atoms. The van der Waals surface area contributed by atoms with E-state index in [2.05, 4.69) is 36.7 Å². The van der Waals surface area contributed by atoms with Gasteiger partial charge in [-0.1, -0.05) is 20.3 Å². The Kier molecular flexibility index (Phi) is 6.72. The molecule has 1 amide bonds. The zero-order valence-corrected chi connectivity index (χ0v) is 15.1. The number of nitrogens with one attached hydrogen (secondary N) is 3. The summed E-state index contributed by atoms with van der Waals surface area (Å²) >= 11 is 0. The van der Waals surface area contributed by atoms with E-state index in [-0.39, 0.29) is 11.8 Å². The number of hydrogen-bond acceptors (Lipinski definition) is 2. The smallest absolute Gasteiger partial charge is 0.223 e. The van der Waals surface area contributed by atoms with E-state index >= 15 is 0 Å². The molecule has 2 rings (SSSR count). The average Bonchev–Trinajstić information content (AvgIpc) is 3.29. The van der Waals surface area contributed by atoms with Crippen molar-refractivity contribution >= 4 is 11.9 Å². The van der Waals surface area contributed by atoms with Crippen LogP contribution in [0, 0.1) is 17.3 Å². The third-order valence-electron chi connectivity index (χ3n) is 4.84. The molecule has 2 saturated carbocycles. The lowest BCUT2D eigenvalue weighted by molar-refractivity contribution is -0.122. The second-order valence-corrected chi connectivity index (χ2v) is 7.64. The molecule has 0 saturated heterocycles. The molecule has 0 unspecified atom stereocenters. The van der Waals surface area contributed by atoms with Crippen LogP contribution in [0.1, 0.15) is 59.3 Å². The molecule has 0 aromatic carbocycles. The van der Waals surface area contributed by atoms with E-state index in [9.17, 15) is 4.79 Å². The summed E-state index contributed by atoms with van der Waals surface area (Å²) in [6.45, 7) is 9.84. The normalized spacial score (nSPS) is 20.1. The molecule has 5 heteroatoms. The van der Waals surface area contributed by atoms with Crippen LogP contribution in [0.2, 0.25) is 0 Å². The van der Waals surface area contributed by atoms with Crippen LogP contribution >= 0.6 is 0 Å². The predicted octanol–water partition coefficient (Wildman–Crippen LogP) is 2.28. The second-order valence-electron chi connectivity index (χ2n) is 7.64. The van der Waals surface area contributed by atoms with Gasteiger partial charge >= 0.3 is 0 Å². The minimum atomic E-state index is 0.207. The van der Waals surface area contributed by atoms with Crippen LogP contribution in [0.15, 0.2) is 4.99 Å². The summed E-state index contributed by atoms with van der Waals surface area (Å²) in [6, 6.07) is 0. The second kappa shape index (κ2) is 8.55. The maximum atomic E-state index is 11.6. The first-order chi connectivity index (χ1) is 11.0. The molecule has 0 aromatic heterocycles. The quantitative estimate of drug-likeness (QED) is 0.347. The third-order valence-corrected chi connectivity index (χ3v) is 4.84. The molecule has 0 heterocycles. The van der Waals surface area contributed by atoms with Gasteiger partial charge in [0.05, 0.1) is 0 Å². The van der Waals surface area contributed by atoms with Crippen molar-refractivity contribution in [3.05, 3.63) is 0 Å². The van der Waals surface area contributed by atoms with Crippen molar-refractivity contribution in [2.75, 3.05) is 26.2 Å². The van der Waals surface area contributed by atoms with E-state index in [0.29, 0.717) is 12.0 Å². The summed E-state index contributed by atoms with van der Waals surface area (Å²) < 4.78 is 0. The SMILES string of the molecule is CCNC(=NCC1(CC(C)C)CCC1)NCCNC(=O)C1CC1. The third kappa shape index (κ3) is 6.04. The van der Waals surface area contributed by atoms with Crippen molar-refractivity contribution in [3.63, 3.8) is 0 Å². The van der Waals surface area contributed by atoms with Crippen LogP contribution in [0.3, 0.4) is 0 Å². The van der Waals surface area contributed by atoms with Crippen molar-refractivity contribution < 1.29 is 4.79 Å². The topological polar surface area (TPSA) is 65.5 Å². The number of aliphatic imine (C=N–C) groups is 1. The number of carbonyl (C=O) groups excluding carboxylic acids is 1. The van der Waals surface area contributed by atoms with Crippen molar-refractivity contribution in [2.24, 2.45) is 22.2 Å². The zero-order chi connectivity index (χ0) is 16.7. The van der Waals surface area contributed by atoms with Crippen LogP contribution < -0.4 is 16.0 Å². The van der Waals surface area contributed by atoms with E-state index < -0.39 is 0 Å². The van der Waals surface area contributed by atoms with Gasteiger partial charge in [0.1, 0.15) is 0 Å². The molecule has 2 aliphatic rings. The first-order valence-electron chi connectivity index (χ1n) is 9.34. The lowest BCUT2D eigenvalue weighted by Crippen LogP contribution is -2.43. The molecule has 0 aromatic rings. The lowest BCUT2D eigenvalue weighted by atomic mass is 9.64. The largest absolute Gasteiger partial charge is 0.357 e. The summed E-state index contributed by atoms with van der Waals surface area (Å²) in [4.78, 5) is 16.4. The Bertz CT molecular complexity index is 411. The van der Waals surface area contributed by atoms with Gasteiger partial charge in [-0.2, -0.15) is 0 Å². The summed E-state index contributed by atoms with van der Waals surface area (Å²) in [7, 11) is 0. The number of amides is 1.